The first-order valence-corrected chi connectivity index (χ1v) is 10.0. The molecule has 144 valence electrons. The van der Waals surface area contributed by atoms with Gasteiger partial charge in [0.2, 0.25) is 5.78 Å². The van der Waals surface area contributed by atoms with Gasteiger partial charge in [-0.1, -0.05) is 39.0 Å². The number of rotatable bonds is 5. The first kappa shape index (κ1) is 20.6. The fourth-order valence-electron chi connectivity index (χ4n) is 2.12. The highest BCUT2D eigenvalue weighted by atomic mass is 32.2. The SMILES string of the molecule is CC(C)(C)C(=O)C(=NN(c1ccccc1)S(C)(=O)=O)Nc1ccc(F)cc1. The van der Waals surface area contributed by atoms with Crippen molar-refractivity contribution < 1.29 is 17.6 Å². The van der Waals surface area contributed by atoms with Crippen LogP contribution in [-0.2, 0) is 14.8 Å². The second-order valence-corrected chi connectivity index (χ2v) is 8.81. The predicted molar refractivity (Wildman–Crippen MR) is 106 cm³/mol. The van der Waals surface area contributed by atoms with E-state index in [9.17, 15) is 17.6 Å². The maximum Gasteiger partial charge on any atom is 0.251 e. The second-order valence-electron chi connectivity index (χ2n) is 7.00. The summed E-state index contributed by atoms with van der Waals surface area (Å²) >= 11 is 0. The molecule has 6 nitrogen and oxygen atoms in total. The number of nitrogens with one attached hydrogen (secondary N) is 1. The van der Waals surface area contributed by atoms with Crippen molar-refractivity contribution in [2.45, 2.75) is 20.8 Å². The zero-order chi connectivity index (χ0) is 20.2. The number of nitrogens with zero attached hydrogens (tertiary/aromatic N) is 2. The van der Waals surface area contributed by atoms with Crippen LogP contribution in [-0.4, -0.2) is 26.3 Å². The molecule has 0 aliphatic carbocycles. The summed E-state index contributed by atoms with van der Waals surface area (Å²) in [6.45, 7) is 5.10. The summed E-state index contributed by atoms with van der Waals surface area (Å²) in [5, 5.41) is 6.92. The summed E-state index contributed by atoms with van der Waals surface area (Å²) in [7, 11) is -3.80. The zero-order valence-corrected chi connectivity index (χ0v) is 16.4. The van der Waals surface area contributed by atoms with Crippen molar-refractivity contribution in [1.82, 2.24) is 0 Å². The quantitative estimate of drug-likeness (QED) is 0.480. The summed E-state index contributed by atoms with van der Waals surface area (Å²) in [6, 6.07) is 13.6. The molecule has 27 heavy (non-hydrogen) atoms. The van der Waals surface area contributed by atoms with Gasteiger partial charge in [-0.15, -0.1) is 5.10 Å². The van der Waals surface area contributed by atoms with Crippen LogP contribution in [0.25, 0.3) is 0 Å². The van der Waals surface area contributed by atoms with Gasteiger partial charge in [0.25, 0.3) is 10.0 Å². The van der Waals surface area contributed by atoms with Crippen LogP contribution < -0.4 is 9.73 Å². The van der Waals surface area contributed by atoms with Crippen molar-refractivity contribution in [2.24, 2.45) is 10.5 Å². The summed E-state index contributed by atoms with van der Waals surface area (Å²) in [4.78, 5) is 12.8. The van der Waals surface area contributed by atoms with E-state index < -0.39 is 27.0 Å². The number of anilines is 2. The van der Waals surface area contributed by atoms with Gasteiger partial charge in [0.15, 0.2) is 5.84 Å². The molecule has 0 spiro atoms. The number of hydrazone groups is 1. The third-order valence-electron chi connectivity index (χ3n) is 3.49. The van der Waals surface area contributed by atoms with Crippen LogP contribution in [0.15, 0.2) is 59.7 Å². The third-order valence-corrected chi connectivity index (χ3v) is 4.41. The fourth-order valence-corrected chi connectivity index (χ4v) is 2.86. The van der Waals surface area contributed by atoms with Gasteiger partial charge in [-0.05, 0) is 36.4 Å². The Morgan fingerprint density at radius 2 is 1.59 bits per heavy atom. The summed E-state index contributed by atoms with van der Waals surface area (Å²) < 4.78 is 38.5. The maximum absolute atomic E-state index is 13.1. The number of para-hydroxylation sites is 1. The van der Waals surface area contributed by atoms with Crippen molar-refractivity contribution in [2.75, 3.05) is 16.0 Å². The molecule has 0 aliphatic rings. The highest BCUT2D eigenvalue weighted by Crippen LogP contribution is 2.21. The molecule has 2 aromatic carbocycles. The molecule has 2 rings (SSSR count). The predicted octanol–water partition coefficient (Wildman–Crippen LogP) is 3.63. The van der Waals surface area contributed by atoms with Crippen molar-refractivity contribution in [3.05, 3.63) is 60.4 Å². The number of amidine groups is 1. The molecule has 0 aliphatic heterocycles. The highest BCUT2D eigenvalue weighted by molar-refractivity contribution is 7.92. The lowest BCUT2D eigenvalue weighted by molar-refractivity contribution is -0.119. The lowest BCUT2D eigenvalue weighted by atomic mass is 9.90. The van der Waals surface area contributed by atoms with Crippen LogP contribution in [0.5, 0.6) is 0 Å². The largest absolute Gasteiger partial charge is 0.336 e. The Hall–Kier alpha value is -2.74. The van der Waals surface area contributed by atoms with Gasteiger partial charge in [0.1, 0.15) is 5.82 Å². The van der Waals surface area contributed by atoms with Crippen LogP contribution in [0.2, 0.25) is 0 Å². The molecule has 0 fully saturated rings. The van der Waals surface area contributed by atoms with Gasteiger partial charge in [-0.25, -0.2) is 12.8 Å². The molecular weight excluding hydrogens is 369 g/mol. The van der Waals surface area contributed by atoms with E-state index in [-0.39, 0.29) is 5.84 Å². The van der Waals surface area contributed by atoms with E-state index in [1.807, 2.05) is 0 Å². The molecule has 8 heteroatoms. The molecule has 0 saturated carbocycles. The second kappa shape index (κ2) is 7.87. The Balaban J connectivity index is 2.55. The number of hydrogen-bond acceptors (Lipinski definition) is 4. The topological polar surface area (TPSA) is 78.8 Å². The number of hydrogen-bond donors (Lipinski definition) is 1. The summed E-state index contributed by atoms with van der Waals surface area (Å²) in [6.07, 6.45) is 1.00. The van der Waals surface area contributed by atoms with E-state index in [0.717, 1.165) is 10.7 Å². The molecule has 0 saturated heterocycles. The van der Waals surface area contributed by atoms with E-state index in [1.165, 1.54) is 24.3 Å². The monoisotopic (exact) mass is 391 g/mol. The van der Waals surface area contributed by atoms with E-state index in [4.69, 9.17) is 0 Å². The Morgan fingerprint density at radius 3 is 2.07 bits per heavy atom. The van der Waals surface area contributed by atoms with E-state index in [1.54, 1.807) is 51.1 Å². The number of Topliss-reactive ketones (excluding diaryl/α,β-unsaturated/α-hetero) is 1. The van der Waals surface area contributed by atoms with Gasteiger partial charge in [0, 0.05) is 11.1 Å². The molecule has 0 bridgehead atoms. The molecule has 0 unspecified atom stereocenters. The minimum atomic E-state index is -3.80. The van der Waals surface area contributed by atoms with Gasteiger partial charge in [-0.2, -0.15) is 4.41 Å². The van der Waals surface area contributed by atoms with Crippen molar-refractivity contribution in [3.8, 4) is 0 Å². The number of carbonyl (C=O) groups is 1. The molecular formula is C19H22FN3O3S. The molecule has 1 N–H and O–H groups in total. The average molecular weight is 391 g/mol. The Labute approximate surface area is 158 Å². The normalized spacial score (nSPS) is 12.6. The summed E-state index contributed by atoms with van der Waals surface area (Å²) in [5.74, 6) is -0.983. The van der Waals surface area contributed by atoms with Crippen LogP contribution in [0.1, 0.15) is 20.8 Å². The van der Waals surface area contributed by atoms with Gasteiger partial charge >= 0.3 is 0 Å². The zero-order valence-electron chi connectivity index (χ0n) is 15.6. The first-order valence-electron chi connectivity index (χ1n) is 8.20. The number of benzene rings is 2. The standard InChI is InChI=1S/C19H22FN3O3S/c1-19(2,3)17(24)18(21-15-12-10-14(20)11-13-15)22-23(27(4,25)26)16-8-6-5-7-9-16/h5-13H,1-4H3,(H,21,22). The van der Waals surface area contributed by atoms with Crippen LogP contribution in [0, 0.1) is 11.2 Å². The Kier molecular flexibility index (Phi) is 6.00. The van der Waals surface area contributed by atoms with E-state index in [0.29, 0.717) is 11.4 Å². The minimum absolute atomic E-state index is 0.164. The third kappa shape index (κ3) is 5.62. The average Bonchev–Trinajstić information content (AvgIpc) is 2.58. The van der Waals surface area contributed by atoms with Gasteiger partial charge in [0.05, 0.1) is 11.9 Å². The van der Waals surface area contributed by atoms with Crippen molar-refractivity contribution in [3.63, 3.8) is 0 Å². The molecule has 0 atom stereocenters. The molecule has 0 amide bonds. The fraction of sp³-hybridized carbons (Fsp3) is 0.263. The highest BCUT2D eigenvalue weighted by Gasteiger charge is 2.29. The Morgan fingerprint density at radius 1 is 1.04 bits per heavy atom. The van der Waals surface area contributed by atoms with Crippen molar-refractivity contribution >= 4 is 33.0 Å². The Bertz CT molecular complexity index is 934. The number of sulfonamides is 1. The van der Waals surface area contributed by atoms with E-state index in [2.05, 4.69) is 10.4 Å². The van der Waals surface area contributed by atoms with Crippen LogP contribution in [0.4, 0.5) is 15.8 Å². The molecule has 0 aromatic heterocycles. The lowest BCUT2D eigenvalue weighted by Gasteiger charge is -2.22. The van der Waals surface area contributed by atoms with Gasteiger partial charge < -0.3 is 5.32 Å². The van der Waals surface area contributed by atoms with Crippen LogP contribution >= 0.6 is 0 Å². The minimum Gasteiger partial charge on any atom is -0.336 e. The number of halogens is 1. The lowest BCUT2D eigenvalue weighted by Crippen LogP contribution is -2.37. The van der Waals surface area contributed by atoms with E-state index >= 15 is 0 Å². The molecule has 2 aromatic rings. The summed E-state index contributed by atoms with van der Waals surface area (Å²) in [5.41, 5.74) is -0.111. The first-order chi connectivity index (χ1) is 12.5. The number of ketones is 1. The molecule has 0 radical (unpaired) electrons. The molecule has 0 heterocycles. The smallest absolute Gasteiger partial charge is 0.251 e. The van der Waals surface area contributed by atoms with Crippen LogP contribution in [0.3, 0.4) is 0 Å². The van der Waals surface area contributed by atoms with Crippen molar-refractivity contribution in [1.29, 1.82) is 0 Å². The number of carbonyl (C=O) groups excluding carboxylic acids is 1. The van der Waals surface area contributed by atoms with Gasteiger partial charge in [-0.3, -0.25) is 4.79 Å². The maximum atomic E-state index is 13.1.